The van der Waals surface area contributed by atoms with Crippen LogP contribution in [-0.2, 0) is 0 Å². The first-order valence-corrected chi connectivity index (χ1v) is 8.86. The minimum absolute atomic E-state index is 0.324. The summed E-state index contributed by atoms with van der Waals surface area (Å²) in [7, 11) is 0. The Morgan fingerprint density at radius 3 is 2.57 bits per heavy atom. The second-order valence-corrected chi connectivity index (χ2v) is 6.52. The van der Waals surface area contributed by atoms with Crippen molar-refractivity contribution in [2.45, 2.75) is 0 Å². The van der Waals surface area contributed by atoms with E-state index in [9.17, 15) is 9.18 Å². The number of halogens is 2. The first-order valence-electron chi connectivity index (χ1n) is 8.48. The maximum absolute atomic E-state index is 13.4. The van der Waals surface area contributed by atoms with Crippen molar-refractivity contribution in [1.29, 1.82) is 0 Å². The van der Waals surface area contributed by atoms with Gasteiger partial charge in [-0.05, 0) is 54.6 Å². The Kier molecular flexibility index (Phi) is 4.91. The molecule has 0 amide bonds. The van der Waals surface area contributed by atoms with E-state index in [4.69, 9.17) is 16.0 Å². The molecule has 0 radical (unpaired) electrons. The van der Waals surface area contributed by atoms with E-state index in [-0.39, 0.29) is 5.82 Å². The average Bonchev–Trinajstić information content (AvgIpc) is 3.16. The molecule has 4 nitrogen and oxygen atoms in total. The predicted molar refractivity (Wildman–Crippen MR) is 108 cm³/mol. The van der Waals surface area contributed by atoms with Gasteiger partial charge in [-0.1, -0.05) is 35.9 Å². The smallest absolute Gasteiger partial charge is 0.345 e. The van der Waals surface area contributed by atoms with E-state index < -0.39 is 5.69 Å². The molecule has 2 heterocycles. The lowest BCUT2D eigenvalue weighted by Gasteiger charge is -2.02. The molecule has 6 heteroatoms. The number of nitrogens with zero attached hydrogens (tertiary/aromatic N) is 1. The number of H-pyrrole nitrogens is 1. The lowest BCUT2D eigenvalue weighted by Crippen LogP contribution is -2.12. The molecule has 138 valence electrons. The molecule has 4 rings (SSSR count). The molecular weight excluding hydrogens is 379 g/mol. The molecule has 28 heavy (non-hydrogen) atoms. The summed E-state index contributed by atoms with van der Waals surface area (Å²) in [6, 6.07) is 18.6. The second-order valence-electron chi connectivity index (χ2n) is 6.08. The molecular formula is C22H14ClFN2O2. The van der Waals surface area contributed by atoms with Gasteiger partial charge >= 0.3 is 5.69 Å². The molecule has 0 saturated carbocycles. The molecule has 0 atom stereocenters. The van der Waals surface area contributed by atoms with Crippen molar-refractivity contribution in [2.24, 2.45) is 0 Å². The summed E-state index contributed by atoms with van der Waals surface area (Å²) in [5, 5.41) is 0.612. The first-order chi connectivity index (χ1) is 13.6. The number of nitrogens with one attached hydrogen (secondary N) is 1. The second kappa shape index (κ2) is 7.66. The van der Waals surface area contributed by atoms with Crippen LogP contribution in [0.5, 0.6) is 0 Å². The summed E-state index contributed by atoms with van der Waals surface area (Å²) in [4.78, 5) is 18.6. The third-order valence-corrected chi connectivity index (χ3v) is 4.32. The van der Waals surface area contributed by atoms with Gasteiger partial charge in [-0.3, -0.25) is 0 Å². The van der Waals surface area contributed by atoms with Gasteiger partial charge in [0, 0.05) is 21.8 Å². The summed E-state index contributed by atoms with van der Waals surface area (Å²) < 4.78 is 19.1. The van der Waals surface area contributed by atoms with Crippen LogP contribution in [0.15, 0.2) is 75.9 Å². The average molecular weight is 393 g/mol. The molecule has 0 aliphatic heterocycles. The molecule has 0 aliphatic rings. The van der Waals surface area contributed by atoms with E-state index in [0.717, 1.165) is 5.56 Å². The molecule has 0 saturated heterocycles. The summed E-state index contributed by atoms with van der Waals surface area (Å²) >= 11 is 5.90. The van der Waals surface area contributed by atoms with E-state index in [2.05, 4.69) is 9.97 Å². The molecule has 2 aromatic heterocycles. The highest BCUT2D eigenvalue weighted by molar-refractivity contribution is 6.30. The van der Waals surface area contributed by atoms with Crippen molar-refractivity contribution in [3.8, 4) is 22.6 Å². The Morgan fingerprint density at radius 2 is 1.79 bits per heavy atom. The number of hydrogen-bond donors (Lipinski definition) is 1. The third kappa shape index (κ3) is 4.10. The van der Waals surface area contributed by atoms with E-state index in [1.165, 1.54) is 12.1 Å². The Balaban J connectivity index is 1.60. The van der Waals surface area contributed by atoms with Crippen molar-refractivity contribution in [3.05, 3.63) is 99.5 Å². The van der Waals surface area contributed by atoms with Gasteiger partial charge in [0.15, 0.2) is 0 Å². The quantitative estimate of drug-likeness (QED) is 0.487. The molecule has 0 bridgehead atoms. The molecule has 2 aromatic carbocycles. The van der Waals surface area contributed by atoms with Crippen LogP contribution >= 0.6 is 11.6 Å². The number of aromatic nitrogens is 2. The zero-order chi connectivity index (χ0) is 19.5. The van der Waals surface area contributed by atoms with Crippen LogP contribution in [0.3, 0.4) is 0 Å². The predicted octanol–water partition coefficient (Wildman–Crippen LogP) is 5.66. The number of aromatic amines is 1. The number of furan rings is 1. The minimum atomic E-state index is -0.452. The SMILES string of the molecule is O=c1nc(-c2ccc(Cl)cc2)cc(/C=C/c2ccc(-c3cccc(F)c3)o2)[nH]1. The van der Waals surface area contributed by atoms with Gasteiger partial charge in [0.1, 0.15) is 17.3 Å². The van der Waals surface area contributed by atoms with Crippen LogP contribution < -0.4 is 5.69 Å². The van der Waals surface area contributed by atoms with E-state index in [0.29, 0.717) is 33.5 Å². The van der Waals surface area contributed by atoms with Crippen molar-refractivity contribution < 1.29 is 8.81 Å². The Morgan fingerprint density at radius 1 is 0.964 bits per heavy atom. The van der Waals surface area contributed by atoms with Gasteiger partial charge in [0.2, 0.25) is 0 Å². The highest BCUT2D eigenvalue weighted by Crippen LogP contribution is 2.24. The van der Waals surface area contributed by atoms with Gasteiger partial charge in [0.05, 0.1) is 5.69 Å². The summed E-state index contributed by atoms with van der Waals surface area (Å²) in [6.45, 7) is 0. The van der Waals surface area contributed by atoms with Gasteiger partial charge in [-0.15, -0.1) is 0 Å². The Labute approximate surface area is 165 Å². The van der Waals surface area contributed by atoms with Gasteiger partial charge in [-0.25, -0.2) is 9.18 Å². The maximum atomic E-state index is 13.4. The molecule has 0 spiro atoms. The van der Waals surface area contributed by atoms with Crippen molar-refractivity contribution in [3.63, 3.8) is 0 Å². The molecule has 4 aromatic rings. The van der Waals surface area contributed by atoms with Gasteiger partial charge < -0.3 is 9.40 Å². The largest absolute Gasteiger partial charge is 0.457 e. The van der Waals surface area contributed by atoms with Crippen LogP contribution in [0, 0.1) is 5.82 Å². The molecule has 0 aliphatic carbocycles. The van der Waals surface area contributed by atoms with Crippen LogP contribution in [0.25, 0.3) is 34.7 Å². The highest BCUT2D eigenvalue weighted by atomic mass is 35.5. The lowest BCUT2D eigenvalue weighted by atomic mass is 10.1. The molecule has 1 N–H and O–H groups in total. The van der Waals surface area contributed by atoms with Crippen molar-refractivity contribution in [2.75, 3.05) is 0 Å². The zero-order valence-electron chi connectivity index (χ0n) is 14.5. The van der Waals surface area contributed by atoms with Crippen LogP contribution in [0.2, 0.25) is 5.02 Å². The Hall–Kier alpha value is -3.44. The highest BCUT2D eigenvalue weighted by Gasteiger charge is 2.05. The Bertz CT molecular complexity index is 1210. The summed E-state index contributed by atoms with van der Waals surface area (Å²) in [6.07, 6.45) is 3.44. The number of rotatable bonds is 4. The maximum Gasteiger partial charge on any atom is 0.345 e. The van der Waals surface area contributed by atoms with E-state index >= 15 is 0 Å². The van der Waals surface area contributed by atoms with Crippen LogP contribution in [0.4, 0.5) is 4.39 Å². The first kappa shape index (κ1) is 17.9. The number of hydrogen-bond acceptors (Lipinski definition) is 3. The fourth-order valence-corrected chi connectivity index (χ4v) is 2.87. The lowest BCUT2D eigenvalue weighted by molar-refractivity contribution is 0.570. The van der Waals surface area contributed by atoms with Crippen LogP contribution in [-0.4, -0.2) is 9.97 Å². The topological polar surface area (TPSA) is 58.9 Å². The zero-order valence-corrected chi connectivity index (χ0v) is 15.3. The third-order valence-electron chi connectivity index (χ3n) is 4.07. The van der Waals surface area contributed by atoms with E-state index in [1.54, 1.807) is 66.7 Å². The molecule has 0 fully saturated rings. The standard InChI is InChI=1S/C22H14ClFN2O2/c23-16-6-4-14(5-7-16)20-13-18(25-22(27)26-20)8-9-19-10-11-21(28-19)15-2-1-3-17(24)12-15/h1-13H,(H,25,26,27)/b9-8+. The van der Waals surface area contributed by atoms with E-state index in [1.807, 2.05) is 0 Å². The summed E-state index contributed by atoms with van der Waals surface area (Å²) in [5.41, 5.74) is 2.11. The fourth-order valence-electron chi connectivity index (χ4n) is 2.75. The van der Waals surface area contributed by atoms with Crippen molar-refractivity contribution >= 4 is 23.8 Å². The molecule has 0 unspecified atom stereocenters. The van der Waals surface area contributed by atoms with Gasteiger partial charge in [0.25, 0.3) is 0 Å². The monoisotopic (exact) mass is 392 g/mol. The van der Waals surface area contributed by atoms with Crippen molar-refractivity contribution in [1.82, 2.24) is 9.97 Å². The normalized spacial score (nSPS) is 11.2. The minimum Gasteiger partial charge on any atom is -0.457 e. The van der Waals surface area contributed by atoms with Gasteiger partial charge in [-0.2, -0.15) is 4.98 Å². The van der Waals surface area contributed by atoms with Crippen LogP contribution in [0.1, 0.15) is 11.5 Å². The summed E-state index contributed by atoms with van der Waals surface area (Å²) in [5.74, 6) is 0.810. The number of benzene rings is 2. The fraction of sp³-hybridized carbons (Fsp3) is 0.